The second-order valence-electron chi connectivity index (χ2n) is 9.72. The van der Waals surface area contributed by atoms with Crippen molar-refractivity contribution in [2.75, 3.05) is 4.90 Å². The molecule has 3 fully saturated rings. The number of carbonyl (C=O) groups is 2. The van der Waals surface area contributed by atoms with Gasteiger partial charge in [-0.25, -0.2) is 0 Å². The van der Waals surface area contributed by atoms with Crippen molar-refractivity contribution in [1.29, 1.82) is 0 Å². The third-order valence-corrected chi connectivity index (χ3v) is 10.8. The molecule has 1 N–H and O–H groups in total. The van der Waals surface area contributed by atoms with E-state index in [4.69, 9.17) is 0 Å². The summed E-state index contributed by atoms with van der Waals surface area (Å²) in [5.74, 6) is 0.0616. The van der Waals surface area contributed by atoms with E-state index in [9.17, 15) is 14.4 Å². The van der Waals surface area contributed by atoms with Crippen molar-refractivity contribution in [1.82, 2.24) is 4.98 Å². The van der Waals surface area contributed by atoms with E-state index >= 15 is 0 Å². The van der Waals surface area contributed by atoms with Crippen molar-refractivity contribution >= 4 is 40.6 Å². The average Bonchev–Trinajstić information content (AvgIpc) is 3.54. The minimum Gasteiger partial charge on any atom is -0.307 e. The topological polar surface area (TPSA) is 70.2 Å². The molecule has 7 rings (SSSR count). The molecule has 1 saturated heterocycles. The zero-order valence-corrected chi connectivity index (χ0v) is 19.6. The van der Waals surface area contributed by atoms with Crippen LogP contribution >= 0.6 is 23.1 Å². The first-order valence-corrected chi connectivity index (χ1v) is 13.1. The van der Waals surface area contributed by atoms with E-state index in [1.54, 1.807) is 11.8 Å². The number of nitrogens with zero attached hydrogens (tertiary/aromatic N) is 1. The van der Waals surface area contributed by atoms with Crippen molar-refractivity contribution in [2.24, 2.45) is 29.6 Å². The number of hydrogen-bond donors (Lipinski definition) is 1. The van der Waals surface area contributed by atoms with Gasteiger partial charge in [-0.2, -0.15) is 0 Å². The highest BCUT2D eigenvalue weighted by Crippen LogP contribution is 2.68. The van der Waals surface area contributed by atoms with Gasteiger partial charge in [0.1, 0.15) is 0 Å². The number of benzene rings is 2. The van der Waals surface area contributed by atoms with Crippen LogP contribution in [0.3, 0.4) is 0 Å². The number of thioether (sulfide) groups is 1. The van der Waals surface area contributed by atoms with Crippen LogP contribution in [-0.4, -0.2) is 22.0 Å². The fourth-order valence-corrected chi connectivity index (χ4v) is 9.89. The first-order chi connectivity index (χ1) is 16.0. The van der Waals surface area contributed by atoms with Gasteiger partial charge in [0.2, 0.25) is 11.8 Å². The maximum absolute atomic E-state index is 13.7. The third kappa shape index (κ3) is 2.63. The Morgan fingerprint density at radius 1 is 0.909 bits per heavy atom. The van der Waals surface area contributed by atoms with Gasteiger partial charge in [0.25, 0.3) is 0 Å². The molecule has 0 unspecified atom stereocenters. The van der Waals surface area contributed by atoms with Crippen LogP contribution in [0.5, 0.6) is 0 Å². The van der Waals surface area contributed by atoms with Gasteiger partial charge in [0, 0.05) is 16.0 Å². The van der Waals surface area contributed by atoms with E-state index in [0.717, 1.165) is 21.9 Å². The Balaban J connectivity index is 1.33. The molecule has 2 amide bonds. The first-order valence-electron chi connectivity index (χ1n) is 11.4. The van der Waals surface area contributed by atoms with Crippen molar-refractivity contribution in [3.63, 3.8) is 0 Å². The van der Waals surface area contributed by atoms with Crippen LogP contribution in [0.1, 0.15) is 28.3 Å². The highest BCUT2D eigenvalue weighted by atomic mass is 32.2. The molecule has 7 heteroatoms. The van der Waals surface area contributed by atoms with Gasteiger partial charge in [-0.1, -0.05) is 59.4 Å². The predicted octanol–water partition coefficient (Wildman–Crippen LogP) is 4.42. The number of nitrogens with one attached hydrogen (secondary N) is 1. The highest BCUT2D eigenvalue weighted by Gasteiger charge is 2.69. The summed E-state index contributed by atoms with van der Waals surface area (Å²) in [4.78, 5) is 45.1. The van der Waals surface area contributed by atoms with Gasteiger partial charge in [0.05, 0.1) is 22.5 Å². The molecule has 1 aromatic heterocycles. The van der Waals surface area contributed by atoms with Gasteiger partial charge in [-0.3, -0.25) is 19.3 Å². The fraction of sp³-hybridized carbons (Fsp3) is 0.346. The Morgan fingerprint density at radius 3 is 2.33 bits per heavy atom. The van der Waals surface area contributed by atoms with E-state index in [2.05, 4.69) is 17.1 Å². The molecule has 3 heterocycles. The number of anilines is 1. The number of imide groups is 1. The van der Waals surface area contributed by atoms with Crippen LogP contribution in [-0.2, 0) is 9.59 Å². The monoisotopic (exact) mass is 474 g/mol. The Labute approximate surface area is 199 Å². The molecule has 4 aliphatic rings. The lowest BCUT2D eigenvalue weighted by Gasteiger charge is -2.43. The zero-order chi connectivity index (χ0) is 22.4. The summed E-state index contributed by atoms with van der Waals surface area (Å²) in [7, 11) is 0. The Bertz CT molecular complexity index is 1350. The van der Waals surface area contributed by atoms with Crippen LogP contribution in [0.4, 0.5) is 5.69 Å². The number of aromatic nitrogens is 1. The summed E-state index contributed by atoms with van der Waals surface area (Å²) in [6.45, 7) is 2.00. The number of aryl methyl sites for hydroxylation is 1. The van der Waals surface area contributed by atoms with Gasteiger partial charge >= 0.3 is 4.87 Å². The van der Waals surface area contributed by atoms with Crippen molar-refractivity contribution in [3.05, 3.63) is 80.3 Å². The molecule has 7 atom stereocenters. The molecule has 0 radical (unpaired) electrons. The molecular weight excluding hydrogens is 452 g/mol. The second-order valence-corrected chi connectivity index (χ2v) is 11.9. The first kappa shape index (κ1) is 19.8. The van der Waals surface area contributed by atoms with Gasteiger partial charge in [0.15, 0.2) is 0 Å². The van der Waals surface area contributed by atoms with Gasteiger partial charge in [-0.15, -0.1) is 11.8 Å². The number of aromatic amines is 1. The minimum absolute atomic E-state index is 0.0290. The second kappa shape index (κ2) is 6.93. The van der Waals surface area contributed by atoms with E-state index in [-0.39, 0.29) is 57.4 Å². The summed E-state index contributed by atoms with van der Waals surface area (Å²) < 4.78 is 0. The number of H-pyrrole nitrogens is 1. The molecule has 2 aromatic carbocycles. The normalized spacial score (nSPS) is 33.8. The molecular formula is C26H22N2O3S2. The SMILES string of the molecule is Cc1ccc(N2C(=O)[C@H]3[C@H]4C[C@@H]([C@@H]3C2=O)[C@H]2[C@H](c3ccccc3)c3sc(=O)[nH]c3S[C@H]42)cc1. The Morgan fingerprint density at radius 2 is 1.61 bits per heavy atom. The third-order valence-electron chi connectivity index (χ3n) is 8.17. The van der Waals surface area contributed by atoms with E-state index in [0.29, 0.717) is 5.69 Å². The zero-order valence-electron chi connectivity index (χ0n) is 17.9. The summed E-state index contributed by atoms with van der Waals surface area (Å²) >= 11 is 3.03. The molecule has 166 valence electrons. The molecule has 33 heavy (non-hydrogen) atoms. The molecule has 3 aromatic rings. The van der Waals surface area contributed by atoms with Crippen molar-refractivity contribution < 1.29 is 9.59 Å². The number of rotatable bonds is 2. The Hall–Kier alpha value is -2.64. The van der Waals surface area contributed by atoms with E-state index in [1.165, 1.54) is 21.8 Å². The number of carbonyl (C=O) groups excluding carboxylic acids is 2. The highest BCUT2D eigenvalue weighted by molar-refractivity contribution is 8.00. The molecule has 5 nitrogen and oxygen atoms in total. The standard InChI is InChI=1S/C26H22N2O3S2/c1-12-7-9-14(10-8-12)28-24(29)19-15-11-16(20(19)25(28)30)21-18(15)17(13-5-3-2-4-6-13)22-23(32-21)27-26(31)33-22/h2-10,15-21H,11H2,1H3,(H,27,31)/t15-,16-,17+,18+,19+,20+,21-/m1/s1. The van der Waals surface area contributed by atoms with Crippen molar-refractivity contribution in [2.45, 2.75) is 29.5 Å². The summed E-state index contributed by atoms with van der Waals surface area (Å²) in [6.07, 6.45) is 0.916. The number of hydrogen-bond acceptors (Lipinski definition) is 5. The lowest BCUT2D eigenvalue weighted by Crippen LogP contribution is -2.42. The van der Waals surface area contributed by atoms with Gasteiger partial charge in [-0.05, 0) is 48.8 Å². The molecule has 2 aliphatic carbocycles. The fourth-order valence-electron chi connectivity index (χ4n) is 7.00. The quantitative estimate of drug-likeness (QED) is 0.558. The lowest BCUT2D eigenvalue weighted by atomic mass is 9.68. The number of amides is 2. The van der Waals surface area contributed by atoms with Crippen LogP contribution in [0.2, 0.25) is 0 Å². The van der Waals surface area contributed by atoms with Crippen LogP contribution in [0.25, 0.3) is 0 Å². The predicted molar refractivity (Wildman–Crippen MR) is 129 cm³/mol. The van der Waals surface area contributed by atoms with Crippen LogP contribution in [0, 0.1) is 36.5 Å². The molecule has 2 aliphatic heterocycles. The summed E-state index contributed by atoms with van der Waals surface area (Å²) in [5.41, 5.74) is 2.98. The molecule has 0 spiro atoms. The van der Waals surface area contributed by atoms with Gasteiger partial charge < -0.3 is 4.98 Å². The van der Waals surface area contributed by atoms with E-state index < -0.39 is 0 Å². The van der Waals surface area contributed by atoms with Crippen LogP contribution in [0.15, 0.2) is 64.4 Å². The average molecular weight is 475 g/mol. The summed E-state index contributed by atoms with van der Waals surface area (Å²) in [5, 5.41) is 1.19. The number of fused-ring (bicyclic) bond motifs is 9. The summed E-state index contributed by atoms with van der Waals surface area (Å²) in [6, 6.07) is 18.0. The lowest BCUT2D eigenvalue weighted by molar-refractivity contribution is -0.123. The number of thiazole rings is 1. The maximum Gasteiger partial charge on any atom is 0.305 e. The van der Waals surface area contributed by atoms with Crippen molar-refractivity contribution in [3.8, 4) is 0 Å². The minimum atomic E-state index is -0.255. The molecule has 2 saturated carbocycles. The maximum atomic E-state index is 13.7. The van der Waals surface area contributed by atoms with E-state index in [1.807, 2.05) is 49.4 Å². The van der Waals surface area contributed by atoms with Crippen LogP contribution < -0.4 is 9.77 Å². The molecule has 2 bridgehead atoms. The smallest absolute Gasteiger partial charge is 0.305 e. The Kier molecular flexibility index (Phi) is 4.16. The largest absolute Gasteiger partial charge is 0.307 e.